The summed E-state index contributed by atoms with van der Waals surface area (Å²) in [4.78, 5) is 16.1. The number of fused-ring (bicyclic) bond motifs is 2. The summed E-state index contributed by atoms with van der Waals surface area (Å²) in [5.74, 6) is 1.75. The maximum absolute atomic E-state index is 14.2. The average molecular weight is 560 g/mol. The summed E-state index contributed by atoms with van der Waals surface area (Å²) < 4.78 is 18.3. The predicted octanol–water partition coefficient (Wildman–Crippen LogP) is 5.10. The van der Waals surface area contributed by atoms with Gasteiger partial charge in [0.1, 0.15) is 17.6 Å². The van der Waals surface area contributed by atoms with Crippen LogP contribution in [0.15, 0.2) is 72.8 Å². The van der Waals surface area contributed by atoms with E-state index < -0.39 is 8.07 Å². The maximum Gasteiger partial charge on any atom is 0.223 e. The highest BCUT2D eigenvalue weighted by Gasteiger charge is 2.48. The summed E-state index contributed by atoms with van der Waals surface area (Å²) in [5.41, 5.74) is 3.37. The first kappa shape index (κ1) is 28.4. The normalized spacial score (nSPS) is 23.0. The Labute approximate surface area is 238 Å². The quantitative estimate of drug-likeness (QED) is 0.389. The number of para-hydroxylation sites is 1. The standard InChI is InChI=1S/C33H41NO5Si/c1-22-32(38-3)28-12-8-9-13-29(28)39-33(22)30(40(4,5)27-16-14-26(37-2)15-17-27)19-31(36)34-20-24-11-7-6-10-23(24)18-25(34)21-35/h6-17,22,25,30,32-33,35H,18-21H2,1-5H3/t22-,25-,30?,32-,33-/m0/s1. The fraction of sp³-hybridized carbons (Fsp3) is 0.424. The molecule has 6 nitrogen and oxygen atoms in total. The van der Waals surface area contributed by atoms with Crippen LogP contribution in [-0.4, -0.2) is 57.0 Å². The SMILES string of the molecule is COc1ccc([Si](C)(C)C(CC(=O)N2Cc3ccccc3C[C@H]2CO)[C@H]2Oc3ccccc3[C@@H](OC)[C@@H]2C)cc1. The third kappa shape index (κ3) is 5.30. The van der Waals surface area contributed by atoms with E-state index in [9.17, 15) is 9.90 Å². The van der Waals surface area contributed by atoms with Crippen LogP contribution in [0, 0.1) is 5.92 Å². The largest absolute Gasteiger partial charge is 0.497 e. The van der Waals surface area contributed by atoms with E-state index in [0.717, 1.165) is 22.6 Å². The lowest BCUT2D eigenvalue weighted by atomic mass is 9.86. The number of aliphatic hydroxyl groups excluding tert-OH is 1. The number of nitrogens with zero attached hydrogens (tertiary/aromatic N) is 1. The first-order valence-corrected chi connectivity index (χ1v) is 17.3. The molecule has 2 aliphatic rings. The lowest BCUT2D eigenvalue weighted by Gasteiger charge is -2.46. The zero-order valence-electron chi connectivity index (χ0n) is 24.2. The van der Waals surface area contributed by atoms with Gasteiger partial charge in [-0.15, -0.1) is 0 Å². The highest BCUT2D eigenvalue weighted by Crippen LogP contribution is 2.47. The van der Waals surface area contributed by atoms with Gasteiger partial charge in [-0.3, -0.25) is 4.79 Å². The minimum absolute atomic E-state index is 0.0362. The van der Waals surface area contributed by atoms with Crippen molar-refractivity contribution in [3.8, 4) is 11.5 Å². The van der Waals surface area contributed by atoms with Crippen molar-refractivity contribution < 1.29 is 24.1 Å². The van der Waals surface area contributed by atoms with Gasteiger partial charge in [0, 0.05) is 37.1 Å². The Kier molecular flexibility index (Phi) is 8.36. The van der Waals surface area contributed by atoms with E-state index in [1.54, 1.807) is 14.2 Å². The van der Waals surface area contributed by atoms with Crippen LogP contribution in [0.2, 0.25) is 18.6 Å². The molecule has 0 bridgehead atoms. The zero-order chi connectivity index (χ0) is 28.4. The van der Waals surface area contributed by atoms with Crippen molar-refractivity contribution in [1.82, 2.24) is 4.90 Å². The summed E-state index contributed by atoms with van der Waals surface area (Å²) in [5, 5.41) is 11.5. The van der Waals surface area contributed by atoms with Crippen LogP contribution in [0.5, 0.6) is 11.5 Å². The van der Waals surface area contributed by atoms with Crippen molar-refractivity contribution in [2.75, 3.05) is 20.8 Å². The second-order valence-corrected chi connectivity index (χ2v) is 16.5. The van der Waals surface area contributed by atoms with Gasteiger partial charge in [0.15, 0.2) is 0 Å². The second-order valence-electron chi connectivity index (χ2n) is 11.7. The molecular weight excluding hydrogens is 518 g/mol. The molecule has 0 aliphatic carbocycles. The van der Waals surface area contributed by atoms with Crippen LogP contribution in [0.1, 0.15) is 36.1 Å². The van der Waals surface area contributed by atoms with Gasteiger partial charge in [0.25, 0.3) is 0 Å². The van der Waals surface area contributed by atoms with E-state index >= 15 is 0 Å². The van der Waals surface area contributed by atoms with Crippen molar-refractivity contribution >= 4 is 19.2 Å². The van der Waals surface area contributed by atoms with Crippen LogP contribution in [0.3, 0.4) is 0 Å². The molecule has 0 radical (unpaired) electrons. The highest BCUT2D eigenvalue weighted by molar-refractivity contribution is 6.91. The van der Waals surface area contributed by atoms with Crippen LogP contribution < -0.4 is 14.7 Å². The smallest absolute Gasteiger partial charge is 0.223 e. The van der Waals surface area contributed by atoms with Crippen LogP contribution >= 0.6 is 0 Å². The number of amides is 1. The molecule has 0 saturated heterocycles. The molecule has 2 aliphatic heterocycles. The van der Waals surface area contributed by atoms with Crippen LogP contribution in [0.4, 0.5) is 0 Å². The van der Waals surface area contributed by atoms with Gasteiger partial charge in [-0.25, -0.2) is 0 Å². The molecule has 1 N–H and O–H groups in total. The van der Waals surface area contributed by atoms with E-state index in [0.29, 0.717) is 19.4 Å². The Hall–Kier alpha value is -3.13. The van der Waals surface area contributed by atoms with Gasteiger partial charge in [-0.2, -0.15) is 0 Å². The first-order chi connectivity index (χ1) is 19.3. The van der Waals surface area contributed by atoms with Crippen molar-refractivity contribution in [1.29, 1.82) is 0 Å². The number of methoxy groups -OCH3 is 2. The number of rotatable bonds is 8. The zero-order valence-corrected chi connectivity index (χ0v) is 25.2. The number of benzene rings is 3. The monoisotopic (exact) mass is 559 g/mol. The molecule has 0 fully saturated rings. The second kappa shape index (κ2) is 11.8. The number of carbonyl (C=O) groups is 1. The summed E-state index contributed by atoms with van der Waals surface area (Å²) in [6.07, 6.45) is 0.674. The molecule has 7 heteroatoms. The highest BCUT2D eigenvalue weighted by atomic mass is 28.3. The molecule has 0 spiro atoms. The van der Waals surface area contributed by atoms with Gasteiger partial charge in [0.05, 0.1) is 33.9 Å². The molecule has 0 aromatic heterocycles. The molecule has 5 atom stereocenters. The lowest BCUT2D eigenvalue weighted by Crippen LogP contribution is -2.56. The number of hydrogen-bond acceptors (Lipinski definition) is 5. The van der Waals surface area contributed by atoms with Gasteiger partial charge in [-0.1, -0.05) is 79.8 Å². The third-order valence-corrected chi connectivity index (χ3v) is 13.4. The van der Waals surface area contributed by atoms with Crippen molar-refractivity contribution in [2.24, 2.45) is 5.92 Å². The minimum atomic E-state index is -2.31. The number of aliphatic hydroxyl groups is 1. The summed E-state index contributed by atoms with van der Waals surface area (Å²) in [6.45, 7) is 7.31. The Morgan fingerprint density at radius 3 is 2.38 bits per heavy atom. The Balaban J connectivity index is 1.52. The molecule has 40 heavy (non-hydrogen) atoms. The maximum atomic E-state index is 14.2. The molecule has 212 valence electrons. The van der Waals surface area contributed by atoms with Gasteiger partial charge >= 0.3 is 0 Å². The number of ether oxygens (including phenoxy) is 3. The summed E-state index contributed by atoms with van der Waals surface area (Å²) >= 11 is 0. The molecule has 3 aromatic carbocycles. The van der Waals surface area contributed by atoms with Gasteiger partial charge in [-0.05, 0) is 35.7 Å². The Morgan fingerprint density at radius 2 is 1.70 bits per heavy atom. The summed E-state index contributed by atoms with van der Waals surface area (Å²) in [6, 6.07) is 24.4. The first-order valence-electron chi connectivity index (χ1n) is 14.2. The molecule has 5 rings (SSSR count). The fourth-order valence-electron chi connectivity index (χ4n) is 6.69. The van der Waals surface area contributed by atoms with E-state index in [1.807, 2.05) is 47.4 Å². The molecule has 2 heterocycles. The molecular formula is C33H41NO5Si. The lowest BCUT2D eigenvalue weighted by molar-refractivity contribution is -0.136. The molecule has 3 aromatic rings. The van der Waals surface area contributed by atoms with Gasteiger partial charge < -0.3 is 24.2 Å². The Morgan fingerprint density at radius 1 is 1.02 bits per heavy atom. The topological polar surface area (TPSA) is 68.2 Å². The fourth-order valence-corrected chi connectivity index (χ4v) is 10.0. The van der Waals surface area contributed by atoms with Crippen LogP contribution in [0.25, 0.3) is 0 Å². The Bertz CT molecular complexity index is 1330. The van der Waals surface area contributed by atoms with E-state index in [2.05, 4.69) is 50.3 Å². The van der Waals surface area contributed by atoms with Crippen LogP contribution in [-0.2, 0) is 22.5 Å². The predicted molar refractivity (Wildman–Crippen MR) is 160 cm³/mol. The van der Waals surface area contributed by atoms with Gasteiger partial charge in [0.2, 0.25) is 5.91 Å². The molecule has 1 unspecified atom stereocenters. The van der Waals surface area contributed by atoms with Crippen molar-refractivity contribution in [2.45, 2.75) is 63.2 Å². The van der Waals surface area contributed by atoms with E-state index in [-0.39, 0.29) is 42.2 Å². The van der Waals surface area contributed by atoms with Crippen molar-refractivity contribution in [3.05, 3.63) is 89.5 Å². The number of carbonyl (C=O) groups excluding carboxylic acids is 1. The van der Waals surface area contributed by atoms with Crippen molar-refractivity contribution in [3.63, 3.8) is 0 Å². The minimum Gasteiger partial charge on any atom is -0.497 e. The average Bonchev–Trinajstić information content (AvgIpc) is 2.98. The number of hydrogen-bond donors (Lipinski definition) is 1. The molecule has 0 saturated carbocycles. The summed E-state index contributed by atoms with van der Waals surface area (Å²) in [7, 11) is 1.11. The third-order valence-electron chi connectivity index (χ3n) is 9.18. The van der Waals surface area contributed by atoms with E-state index in [4.69, 9.17) is 14.2 Å². The molecule has 1 amide bonds. The van der Waals surface area contributed by atoms with E-state index in [1.165, 1.54) is 10.8 Å².